The van der Waals surface area contributed by atoms with Gasteiger partial charge in [0.1, 0.15) is 11.9 Å². The van der Waals surface area contributed by atoms with Crippen molar-refractivity contribution in [3.63, 3.8) is 0 Å². The zero-order valence-electron chi connectivity index (χ0n) is 14.0. The Morgan fingerprint density at radius 1 is 1.38 bits per heavy atom. The highest BCUT2D eigenvalue weighted by molar-refractivity contribution is 5.81. The monoisotopic (exact) mass is 330 g/mol. The van der Waals surface area contributed by atoms with Crippen LogP contribution in [0.3, 0.4) is 0 Å². The Morgan fingerprint density at radius 2 is 2.08 bits per heavy atom. The summed E-state index contributed by atoms with van der Waals surface area (Å²) in [4.78, 5) is 16.5. The van der Waals surface area contributed by atoms with Crippen LogP contribution in [0.2, 0.25) is 0 Å². The highest BCUT2D eigenvalue weighted by atomic mass is 19.1. The van der Waals surface area contributed by atoms with Crippen LogP contribution in [0, 0.1) is 17.1 Å². The molecule has 1 saturated heterocycles. The van der Waals surface area contributed by atoms with Gasteiger partial charge in [-0.1, -0.05) is 12.1 Å². The summed E-state index contributed by atoms with van der Waals surface area (Å²) in [6.45, 7) is 5.60. The third-order valence-electron chi connectivity index (χ3n) is 4.85. The fraction of sp³-hybridized carbons (Fsp3) is 0.556. The fourth-order valence-electron chi connectivity index (χ4n) is 3.05. The smallest absolute Gasteiger partial charge is 0.237 e. The molecule has 0 aromatic heterocycles. The minimum atomic E-state index is -0.417. The number of nitrogens with one attached hydrogen (secondary N) is 1. The van der Waals surface area contributed by atoms with Crippen molar-refractivity contribution in [1.29, 1.82) is 5.26 Å². The summed E-state index contributed by atoms with van der Waals surface area (Å²) >= 11 is 0. The van der Waals surface area contributed by atoms with Gasteiger partial charge in [-0.2, -0.15) is 5.26 Å². The summed E-state index contributed by atoms with van der Waals surface area (Å²) in [6.07, 6.45) is 2.19. The normalized spacial score (nSPS) is 20.4. The van der Waals surface area contributed by atoms with Crippen LogP contribution >= 0.6 is 0 Å². The Hall–Kier alpha value is -1.97. The molecule has 1 aliphatic heterocycles. The molecule has 1 amide bonds. The number of hydrogen-bond donors (Lipinski definition) is 1. The van der Waals surface area contributed by atoms with Crippen molar-refractivity contribution in [2.45, 2.75) is 38.4 Å². The van der Waals surface area contributed by atoms with Crippen molar-refractivity contribution in [3.8, 4) is 6.07 Å². The SMILES string of the molecule is CC(C(=O)NC1CC1)N1CCN(Cc2cccc(C#N)c2F)CC1. The average molecular weight is 330 g/mol. The zero-order valence-corrected chi connectivity index (χ0v) is 14.0. The second-order valence-electron chi connectivity index (χ2n) is 6.66. The molecule has 6 heteroatoms. The first kappa shape index (κ1) is 16.9. The maximum atomic E-state index is 14.2. The van der Waals surface area contributed by atoms with Crippen molar-refractivity contribution in [1.82, 2.24) is 15.1 Å². The lowest BCUT2D eigenvalue weighted by molar-refractivity contribution is -0.126. The molecule has 2 aliphatic rings. The molecule has 128 valence electrons. The number of hydrogen-bond acceptors (Lipinski definition) is 4. The standard InChI is InChI=1S/C18H23FN4O/c1-13(18(24)21-16-5-6-16)23-9-7-22(8-10-23)12-15-4-2-3-14(11-20)17(15)19/h2-4,13,16H,5-10,12H2,1H3,(H,21,24). The number of nitriles is 1. The predicted molar refractivity (Wildman–Crippen MR) is 88.6 cm³/mol. The average Bonchev–Trinajstić information content (AvgIpc) is 3.41. The highest BCUT2D eigenvalue weighted by Gasteiger charge is 2.30. The number of halogens is 1. The molecule has 1 heterocycles. The third-order valence-corrected chi connectivity index (χ3v) is 4.85. The van der Waals surface area contributed by atoms with E-state index in [-0.39, 0.29) is 17.5 Å². The van der Waals surface area contributed by atoms with Gasteiger partial charge in [-0.25, -0.2) is 4.39 Å². The summed E-state index contributed by atoms with van der Waals surface area (Å²) < 4.78 is 14.2. The highest BCUT2D eigenvalue weighted by Crippen LogP contribution is 2.20. The van der Waals surface area contributed by atoms with Gasteiger partial charge in [0.15, 0.2) is 0 Å². The lowest BCUT2D eigenvalue weighted by Gasteiger charge is -2.37. The van der Waals surface area contributed by atoms with Gasteiger partial charge in [-0.3, -0.25) is 14.6 Å². The molecule has 0 spiro atoms. The molecule has 1 aliphatic carbocycles. The van der Waals surface area contributed by atoms with E-state index < -0.39 is 5.82 Å². The van der Waals surface area contributed by atoms with Crippen LogP contribution in [0.1, 0.15) is 30.9 Å². The second kappa shape index (κ2) is 7.29. The minimum absolute atomic E-state index is 0.0940. The van der Waals surface area contributed by atoms with Gasteiger partial charge in [-0.15, -0.1) is 0 Å². The zero-order chi connectivity index (χ0) is 17.1. The van der Waals surface area contributed by atoms with E-state index in [9.17, 15) is 9.18 Å². The summed E-state index contributed by atoms with van der Waals surface area (Å²) in [5, 5.41) is 12.0. The van der Waals surface area contributed by atoms with Crippen LogP contribution in [-0.4, -0.2) is 54.0 Å². The Labute approximate surface area is 142 Å². The Bertz CT molecular complexity index is 645. The molecule has 1 saturated carbocycles. The minimum Gasteiger partial charge on any atom is -0.352 e. The van der Waals surface area contributed by atoms with E-state index in [0.717, 1.165) is 39.0 Å². The molecule has 1 unspecified atom stereocenters. The van der Waals surface area contributed by atoms with Gasteiger partial charge in [0.25, 0.3) is 0 Å². The van der Waals surface area contributed by atoms with Crippen LogP contribution in [0.5, 0.6) is 0 Å². The lowest BCUT2D eigenvalue weighted by Crippen LogP contribution is -2.53. The second-order valence-corrected chi connectivity index (χ2v) is 6.66. The van der Waals surface area contributed by atoms with Gasteiger partial charge >= 0.3 is 0 Å². The maximum Gasteiger partial charge on any atom is 0.237 e. The van der Waals surface area contributed by atoms with E-state index in [1.54, 1.807) is 12.1 Å². The first-order valence-electron chi connectivity index (χ1n) is 8.52. The Morgan fingerprint density at radius 3 is 2.71 bits per heavy atom. The molecule has 24 heavy (non-hydrogen) atoms. The molecule has 0 radical (unpaired) electrons. The molecule has 1 aromatic rings. The molecule has 3 rings (SSSR count). The van der Waals surface area contributed by atoms with E-state index >= 15 is 0 Å². The molecule has 2 fully saturated rings. The number of rotatable bonds is 5. The Kier molecular flexibility index (Phi) is 5.12. The largest absolute Gasteiger partial charge is 0.352 e. The van der Waals surface area contributed by atoms with Crippen molar-refractivity contribution < 1.29 is 9.18 Å². The van der Waals surface area contributed by atoms with Crippen LogP contribution in [0.4, 0.5) is 4.39 Å². The van der Waals surface area contributed by atoms with Crippen LogP contribution in [-0.2, 0) is 11.3 Å². The number of carbonyl (C=O) groups is 1. The van der Waals surface area contributed by atoms with Crippen molar-refractivity contribution in [2.75, 3.05) is 26.2 Å². The van der Waals surface area contributed by atoms with Gasteiger partial charge in [0, 0.05) is 44.3 Å². The van der Waals surface area contributed by atoms with E-state index in [1.807, 2.05) is 13.0 Å². The van der Waals surface area contributed by atoms with Gasteiger partial charge in [0.05, 0.1) is 11.6 Å². The number of amides is 1. The molecule has 1 atom stereocenters. The summed E-state index contributed by atoms with van der Waals surface area (Å²) in [5.74, 6) is -0.307. The summed E-state index contributed by atoms with van der Waals surface area (Å²) in [6, 6.07) is 7.10. The Balaban J connectivity index is 1.52. The van der Waals surface area contributed by atoms with Gasteiger partial charge < -0.3 is 5.32 Å². The van der Waals surface area contributed by atoms with E-state index in [4.69, 9.17) is 5.26 Å². The van der Waals surface area contributed by atoms with Crippen molar-refractivity contribution >= 4 is 5.91 Å². The molecule has 0 bridgehead atoms. The van der Waals surface area contributed by atoms with Gasteiger partial charge in [-0.05, 0) is 25.8 Å². The number of carbonyl (C=O) groups excluding carboxylic acids is 1. The molecular weight excluding hydrogens is 307 g/mol. The summed E-state index contributed by atoms with van der Waals surface area (Å²) in [7, 11) is 0. The maximum absolute atomic E-state index is 14.2. The van der Waals surface area contributed by atoms with E-state index in [2.05, 4.69) is 15.1 Å². The predicted octanol–water partition coefficient (Wildman–Crippen LogP) is 1.48. The van der Waals surface area contributed by atoms with E-state index in [1.165, 1.54) is 6.07 Å². The third kappa shape index (κ3) is 3.92. The number of piperazine rings is 1. The lowest BCUT2D eigenvalue weighted by atomic mass is 10.1. The van der Waals surface area contributed by atoms with Crippen molar-refractivity contribution in [2.24, 2.45) is 0 Å². The number of benzene rings is 1. The van der Waals surface area contributed by atoms with E-state index in [0.29, 0.717) is 18.2 Å². The molecular formula is C18H23FN4O. The van der Waals surface area contributed by atoms with Crippen molar-refractivity contribution in [3.05, 3.63) is 35.1 Å². The topological polar surface area (TPSA) is 59.4 Å². The quantitative estimate of drug-likeness (QED) is 0.888. The first-order chi connectivity index (χ1) is 11.6. The fourth-order valence-corrected chi connectivity index (χ4v) is 3.05. The molecule has 1 N–H and O–H groups in total. The van der Waals surface area contributed by atoms with Crippen LogP contribution in [0.15, 0.2) is 18.2 Å². The molecule has 5 nitrogen and oxygen atoms in total. The molecule has 1 aromatic carbocycles. The first-order valence-corrected chi connectivity index (χ1v) is 8.52. The van der Waals surface area contributed by atoms with Crippen LogP contribution < -0.4 is 5.32 Å². The van der Waals surface area contributed by atoms with Crippen LogP contribution in [0.25, 0.3) is 0 Å². The van der Waals surface area contributed by atoms with Gasteiger partial charge in [0.2, 0.25) is 5.91 Å². The number of nitrogens with zero attached hydrogens (tertiary/aromatic N) is 3. The summed E-state index contributed by atoms with van der Waals surface area (Å²) in [5.41, 5.74) is 0.651.